The lowest BCUT2D eigenvalue weighted by atomic mass is 10.1. The monoisotopic (exact) mass is 466 g/mol. The molecule has 1 aliphatic rings. The molecular formula is C21H17Cl2FN2O5. The third kappa shape index (κ3) is 4.86. The third-order valence-corrected chi connectivity index (χ3v) is 5.43. The molecule has 3 rings (SSSR count). The molecule has 2 aromatic rings. The molecule has 3 amide bonds. The van der Waals surface area contributed by atoms with Crippen LogP contribution < -0.4 is 5.32 Å². The van der Waals surface area contributed by atoms with Crippen molar-refractivity contribution in [1.82, 2.24) is 10.2 Å². The molecule has 7 nitrogen and oxygen atoms in total. The average Bonchev–Trinajstić information content (AvgIpc) is 2.93. The minimum absolute atomic E-state index is 0.0334. The van der Waals surface area contributed by atoms with E-state index < -0.39 is 48.2 Å². The number of carbonyl (C=O) groups is 4. The van der Waals surface area contributed by atoms with Crippen LogP contribution in [0.3, 0.4) is 0 Å². The van der Waals surface area contributed by atoms with E-state index in [-0.39, 0.29) is 21.2 Å². The number of fused-ring (bicyclic) bond motifs is 1. The van der Waals surface area contributed by atoms with Crippen LogP contribution in [0.25, 0.3) is 0 Å². The Morgan fingerprint density at radius 3 is 2.06 bits per heavy atom. The number of rotatable bonds is 6. The summed E-state index contributed by atoms with van der Waals surface area (Å²) in [6.45, 7) is 2.37. The number of imide groups is 1. The highest BCUT2D eigenvalue weighted by Crippen LogP contribution is 2.31. The van der Waals surface area contributed by atoms with E-state index in [0.717, 1.165) is 0 Å². The zero-order chi connectivity index (χ0) is 22.9. The van der Waals surface area contributed by atoms with Crippen molar-refractivity contribution in [1.29, 1.82) is 0 Å². The minimum Gasteiger partial charge on any atom is -0.451 e. The molecule has 1 N–H and O–H groups in total. The van der Waals surface area contributed by atoms with Gasteiger partial charge in [-0.15, -0.1) is 0 Å². The second kappa shape index (κ2) is 9.03. The molecule has 0 aromatic heterocycles. The second-order valence-corrected chi connectivity index (χ2v) is 7.74. The molecule has 0 saturated heterocycles. The van der Waals surface area contributed by atoms with Gasteiger partial charge in [0.2, 0.25) is 0 Å². The molecule has 31 heavy (non-hydrogen) atoms. The summed E-state index contributed by atoms with van der Waals surface area (Å²) < 4.78 is 18.1. The fraction of sp³-hybridized carbons (Fsp3) is 0.238. The van der Waals surface area contributed by atoms with Crippen molar-refractivity contribution in [3.8, 4) is 0 Å². The Hall–Kier alpha value is -2.97. The van der Waals surface area contributed by atoms with Crippen LogP contribution in [-0.4, -0.2) is 41.2 Å². The van der Waals surface area contributed by atoms with Crippen LogP contribution >= 0.6 is 23.2 Å². The number of nitrogens with one attached hydrogen (secondary N) is 1. The van der Waals surface area contributed by atoms with E-state index in [9.17, 15) is 23.6 Å². The molecule has 0 radical (unpaired) electrons. The molecule has 1 heterocycles. The Balaban J connectivity index is 1.59. The topological polar surface area (TPSA) is 92.8 Å². The lowest BCUT2D eigenvalue weighted by molar-refractivity contribution is -0.155. The van der Waals surface area contributed by atoms with Gasteiger partial charge in [0.25, 0.3) is 17.7 Å². The van der Waals surface area contributed by atoms with Crippen LogP contribution in [0.2, 0.25) is 10.0 Å². The van der Waals surface area contributed by atoms with Crippen molar-refractivity contribution >= 4 is 46.9 Å². The first-order chi connectivity index (χ1) is 14.6. The zero-order valence-corrected chi connectivity index (χ0v) is 18.0. The number of esters is 1. The number of ether oxygens (including phenoxy) is 1. The van der Waals surface area contributed by atoms with Crippen molar-refractivity contribution in [3.63, 3.8) is 0 Å². The number of hydrogen-bond acceptors (Lipinski definition) is 5. The molecule has 0 spiro atoms. The third-order valence-electron chi connectivity index (χ3n) is 4.71. The normalized spacial score (nSPS) is 14.8. The minimum atomic E-state index is -1.19. The van der Waals surface area contributed by atoms with E-state index in [1.165, 1.54) is 43.3 Å². The standard InChI is InChI=1S/C21H17Cl2FN2O5/c1-10(12-3-5-13(24)6-4-12)25-19(28)11(2)31-18(27)9-26-20(29)14-7-16(22)17(23)8-15(14)21(26)30/h3-8,10-11H,9H2,1-2H3,(H,25,28). The van der Waals surface area contributed by atoms with E-state index in [4.69, 9.17) is 27.9 Å². The van der Waals surface area contributed by atoms with Gasteiger partial charge in [-0.2, -0.15) is 0 Å². The highest BCUT2D eigenvalue weighted by molar-refractivity contribution is 6.43. The van der Waals surface area contributed by atoms with Crippen molar-refractivity contribution in [2.24, 2.45) is 0 Å². The smallest absolute Gasteiger partial charge is 0.326 e. The molecule has 2 unspecified atom stereocenters. The maximum Gasteiger partial charge on any atom is 0.326 e. The number of nitrogens with zero attached hydrogens (tertiary/aromatic N) is 1. The molecule has 2 atom stereocenters. The van der Waals surface area contributed by atoms with Gasteiger partial charge < -0.3 is 10.1 Å². The lowest BCUT2D eigenvalue weighted by Gasteiger charge is -2.19. The van der Waals surface area contributed by atoms with Crippen LogP contribution in [0.15, 0.2) is 36.4 Å². The summed E-state index contributed by atoms with van der Waals surface area (Å²) in [4.78, 5) is 50.1. The van der Waals surface area contributed by atoms with Gasteiger partial charge in [-0.3, -0.25) is 24.1 Å². The first-order valence-corrected chi connectivity index (χ1v) is 9.94. The predicted molar refractivity (Wildman–Crippen MR) is 110 cm³/mol. The first kappa shape index (κ1) is 22.7. The molecule has 10 heteroatoms. The van der Waals surface area contributed by atoms with Gasteiger partial charge in [-0.1, -0.05) is 35.3 Å². The zero-order valence-electron chi connectivity index (χ0n) is 16.4. The Morgan fingerprint density at radius 2 is 1.55 bits per heavy atom. The SMILES string of the molecule is CC(OC(=O)CN1C(=O)c2cc(Cl)c(Cl)cc2C1=O)C(=O)NC(C)c1ccc(F)cc1. The summed E-state index contributed by atoms with van der Waals surface area (Å²) in [5.74, 6) is -3.35. The lowest BCUT2D eigenvalue weighted by Crippen LogP contribution is -2.41. The van der Waals surface area contributed by atoms with Crippen LogP contribution in [0, 0.1) is 5.82 Å². The Bertz CT molecular complexity index is 1030. The van der Waals surface area contributed by atoms with Crippen LogP contribution in [0.4, 0.5) is 4.39 Å². The van der Waals surface area contributed by atoms with E-state index in [1.807, 2.05) is 0 Å². The Labute approximate surface area is 187 Å². The summed E-state index contributed by atoms with van der Waals surface area (Å²) in [6, 6.07) is 7.65. The summed E-state index contributed by atoms with van der Waals surface area (Å²) >= 11 is 11.8. The number of carbonyl (C=O) groups excluding carboxylic acids is 4. The van der Waals surface area contributed by atoms with Gasteiger partial charge in [0.15, 0.2) is 6.10 Å². The number of benzene rings is 2. The van der Waals surface area contributed by atoms with Gasteiger partial charge in [-0.05, 0) is 43.7 Å². The van der Waals surface area contributed by atoms with Crippen molar-refractivity contribution in [3.05, 3.63) is 69.0 Å². The first-order valence-electron chi connectivity index (χ1n) is 9.19. The van der Waals surface area contributed by atoms with E-state index >= 15 is 0 Å². The molecule has 1 aliphatic heterocycles. The molecule has 0 saturated carbocycles. The van der Waals surface area contributed by atoms with E-state index in [1.54, 1.807) is 6.92 Å². The summed E-state index contributed by atoms with van der Waals surface area (Å²) in [6.07, 6.45) is -1.19. The highest BCUT2D eigenvalue weighted by atomic mass is 35.5. The molecule has 2 aromatic carbocycles. The van der Waals surface area contributed by atoms with Crippen LogP contribution in [0.1, 0.15) is 46.2 Å². The van der Waals surface area contributed by atoms with E-state index in [2.05, 4.69) is 5.32 Å². The molecule has 0 bridgehead atoms. The average molecular weight is 467 g/mol. The summed E-state index contributed by atoms with van der Waals surface area (Å²) in [5.41, 5.74) is 0.730. The largest absolute Gasteiger partial charge is 0.451 e. The van der Waals surface area contributed by atoms with Gasteiger partial charge in [-0.25, -0.2) is 4.39 Å². The highest BCUT2D eigenvalue weighted by Gasteiger charge is 2.38. The van der Waals surface area contributed by atoms with E-state index in [0.29, 0.717) is 10.5 Å². The molecule has 0 aliphatic carbocycles. The number of halogens is 3. The maximum atomic E-state index is 13.0. The second-order valence-electron chi connectivity index (χ2n) is 6.92. The molecule has 0 fully saturated rings. The predicted octanol–water partition coefficient (Wildman–Crippen LogP) is 3.54. The van der Waals surface area contributed by atoms with Crippen LogP contribution in [0.5, 0.6) is 0 Å². The van der Waals surface area contributed by atoms with Crippen molar-refractivity contribution in [2.75, 3.05) is 6.54 Å². The molecule has 162 valence electrons. The number of amides is 3. The van der Waals surface area contributed by atoms with Crippen LogP contribution in [-0.2, 0) is 14.3 Å². The van der Waals surface area contributed by atoms with Gasteiger partial charge in [0.05, 0.1) is 27.2 Å². The summed E-state index contributed by atoms with van der Waals surface area (Å²) in [7, 11) is 0. The quantitative estimate of drug-likeness (QED) is 0.519. The maximum absolute atomic E-state index is 13.0. The van der Waals surface area contributed by atoms with Crippen molar-refractivity contribution in [2.45, 2.75) is 26.0 Å². The fourth-order valence-corrected chi connectivity index (χ4v) is 3.34. The van der Waals surface area contributed by atoms with Gasteiger partial charge >= 0.3 is 5.97 Å². The molecular weight excluding hydrogens is 450 g/mol. The Morgan fingerprint density at radius 1 is 1.03 bits per heavy atom. The van der Waals surface area contributed by atoms with Gasteiger partial charge in [0.1, 0.15) is 12.4 Å². The van der Waals surface area contributed by atoms with Gasteiger partial charge in [0, 0.05) is 0 Å². The van der Waals surface area contributed by atoms with Crippen molar-refractivity contribution < 1.29 is 28.3 Å². The Kier molecular flexibility index (Phi) is 6.62. The number of hydrogen-bond donors (Lipinski definition) is 1. The summed E-state index contributed by atoms with van der Waals surface area (Å²) in [5, 5.41) is 2.85. The fourth-order valence-electron chi connectivity index (χ4n) is 3.01.